The summed E-state index contributed by atoms with van der Waals surface area (Å²) < 4.78 is 38.7. The number of rotatable bonds is 8. The minimum Gasteiger partial charge on any atom is -0.496 e. The first-order valence-corrected chi connectivity index (χ1v) is 17.1. The third kappa shape index (κ3) is 6.31. The highest BCUT2D eigenvalue weighted by atomic mass is 32.2. The highest BCUT2D eigenvalue weighted by Crippen LogP contribution is 2.38. The summed E-state index contributed by atoms with van der Waals surface area (Å²) >= 11 is 0. The molecular weight excluding hydrogens is 518 g/mol. The second kappa shape index (κ2) is 11.2. The maximum absolute atomic E-state index is 13.8. The van der Waals surface area contributed by atoms with Gasteiger partial charge in [-0.25, -0.2) is 13.1 Å². The van der Waals surface area contributed by atoms with Crippen LogP contribution in [-0.4, -0.2) is 60.9 Å². The van der Waals surface area contributed by atoms with Crippen LogP contribution in [-0.2, 0) is 14.4 Å². The zero-order chi connectivity index (χ0) is 28.5. The summed E-state index contributed by atoms with van der Waals surface area (Å²) in [6.07, 6.45) is 2.59. The molecule has 1 aliphatic heterocycles. The van der Waals surface area contributed by atoms with E-state index in [4.69, 9.17) is 14.9 Å². The van der Waals surface area contributed by atoms with Crippen molar-refractivity contribution in [2.75, 3.05) is 33.0 Å². The van der Waals surface area contributed by atoms with E-state index in [1.165, 1.54) is 7.05 Å². The van der Waals surface area contributed by atoms with E-state index < -0.39 is 18.3 Å². The van der Waals surface area contributed by atoms with Crippen molar-refractivity contribution in [3.8, 4) is 5.75 Å². The Balaban J connectivity index is 1.96. The van der Waals surface area contributed by atoms with Crippen molar-refractivity contribution < 1.29 is 22.4 Å². The highest BCUT2D eigenvalue weighted by Gasteiger charge is 2.39. The molecule has 2 aromatic carbocycles. The van der Waals surface area contributed by atoms with Gasteiger partial charge in [-0.1, -0.05) is 39.0 Å². The van der Waals surface area contributed by atoms with Gasteiger partial charge in [0.25, 0.3) is 5.91 Å². The molecule has 3 N–H and O–H groups in total. The Labute approximate surface area is 228 Å². The average Bonchev–Trinajstić information content (AvgIpc) is 2.86. The monoisotopic (exact) mass is 559 g/mol. The van der Waals surface area contributed by atoms with Gasteiger partial charge in [0.05, 0.1) is 30.2 Å². The van der Waals surface area contributed by atoms with Gasteiger partial charge in [0.1, 0.15) is 5.75 Å². The molecule has 10 heteroatoms. The number of sulfonamides is 1. The summed E-state index contributed by atoms with van der Waals surface area (Å²) in [6, 6.07) is 10.1. The zero-order valence-electron chi connectivity index (χ0n) is 23.7. The summed E-state index contributed by atoms with van der Waals surface area (Å²) in [5, 5.41) is 0.0264. The van der Waals surface area contributed by atoms with E-state index in [2.05, 4.69) is 38.6 Å². The summed E-state index contributed by atoms with van der Waals surface area (Å²) in [5.41, 5.74) is 9.92. The van der Waals surface area contributed by atoms with E-state index in [9.17, 15) is 13.2 Å². The summed E-state index contributed by atoms with van der Waals surface area (Å²) in [5.74, 6) is 0.442. The molecule has 0 unspecified atom stereocenters. The summed E-state index contributed by atoms with van der Waals surface area (Å²) in [6.45, 7) is 13.6. The quantitative estimate of drug-likeness (QED) is 0.355. The molecule has 0 saturated carbocycles. The second-order valence-electron chi connectivity index (χ2n) is 11.3. The van der Waals surface area contributed by atoms with Crippen LogP contribution >= 0.6 is 0 Å². The van der Waals surface area contributed by atoms with Gasteiger partial charge in [-0.2, -0.15) is 0 Å². The van der Waals surface area contributed by atoms with Crippen LogP contribution in [0.5, 0.6) is 5.75 Å². The number of nitrogens with zero attached hydrogens (tertiary/aromatic N) is 1. The van der Waals surface area contributed by atoms with E-state index in [1.54, 1.807) is 31.4 Å². The molecule has 0 fully saturated rings. The molecule has 1 atom stereocenters. The average molecular weight is 560 g/mol. The molecular formula is C28H41N3O5SSi. The lowest BCUT2D eigenvalue weighted by atomic mass is 9.93. The number of ether oxygens (including phenoxy) is 1. The third-order valence-corrected chi connectivity index (χ3v) is 13.7. The molecule has 0 aromatic heterocycles. The fourth-order valence-corrected chi connectivity index (χ4v) is 5.97. The number of hydrogen-bond donors (Lipinski definition) is 2. The van der Waals surface area contributed by atoms with E-state index in [0.717, 1.165) is 16.7 Å². The number of methoxy groups -OCH3 is 1. The second-order valence-corrected chi connectivity index (χ2v) is 18.0. The van der Waals surface area contributed by atoms with Crippen LogP contribution in [0, 0.1) is 6.92 Å². The topological polar surface area (TPSA) is 111 Å². The predicted molar refractivity (Wildman–Crippen MR) is 155 cm³/mol. The Morgan fingerprint density at radius 3 is 2.37 bits per heavy atom. The molecule has 0 saturated heterocycles. The van der Waals surface area contributed by atoms with Crippen molar-refractivity contribution in [3.05, 3.63) is 59.2 Å². The highest BCUT2D eigenvalue weighted by molar-refractivity contribution is 7.89. The van der Waals surface area contributed by atoms with Gasteiger partial charge in [0.15, 0.2) is 8.32 Å². The fraction of sp³-hybridized carbons (Fsp3) is 0.464. The molecule has 208 valence electrons. The minimum absolute atomic E-state index is 0.0264. The molecule has 8 nitrogen and oxygen atoms in total. The number of carbonyl (C=O) groups excluding carboxylic acids is 1. The molecule has 0 bridgehead atoms. The van der Waals surface area contributed by atoms with E-state index in [0.29, 0.717) is 36.6 Å². The molecule has 0 radical (unpaired) electrons. The van der Waals surface area contributed by atoms with Crippen LogP contribution in [0.2, 0.25) is 18.1 Å². The molecule has 0 spiro atoms. The van der Waals surface area contributed by atoms with E-state index >= 15 is 0 Å². The summed E-state index contributed by atoms with van der Waals surface area (Å²) in [4.78, 5) is 15.8. The van der Waals surface area contributed by atoms with Crippen molar-refractivity contribution >= 4 is 35.5 Å². The summed E-state index contributed by atoms with van der Waals surface area (Å²) in [7, 11) is -2.63. The smallest absolute Gasteiger partial charge is 0.256 e. The first-order valence-electron chi connectivity index (χ1n) is 12.7. The van der Waals surface area contributed by atoms with Crippen LogP contribution in [0.15, 0.2) is 47.4 Å². The van der Waals surface area contributed by atoms with E-state index in [1.807, 2.05) is 30.0 Å². The Kier molecular flexibility index (Phi) is 8.82. The van der Waals surface area contributed by atoms with Gasteiger partial charge < -0.3 is 19.8 Å². The number of nitrogens with one attached hydrogen (secondary N) is 1. The minimum atomic E-state index is -3.52. The Morgan fingerprint density at radius 1 is 1.18 bits per heavy atom. The number of hydrogen-bond acceptors (Lipinski definition) is 6. The molecule has 0 aliphatic carbocycles. The van der Waals surface area contributed by atoms with Crippen LogP contribution < -0.4 is 15.2 Å². The zero-order valence-corrected chi connectivity index (χ0v) is 25.5. The number of benzene rings is 2. The first-order chi connectivity index (χ1) is 17.6. The maximum atomic E-state index is 13.8. The number of nitrogens with two attached hydrogens (primary N) is 1. The van der Waals surface area contributed by atoms with Gasteiger partial charge in [0, 0.05) is 12.2 Å². The first kappa shape index (κ1) is 29.9. The molecule has 1 amide bonds. The number of carbonyl (C=O) groups is 1. The number of anilines is 1. The number of aryl methyl sites for hydroxylation is 1. The fourth-order valence-electron chi connectivity index (χ4n) is 4.20. The number of amides is 1. The predicted octanol–water partition coefficient (Wildman–Crippen LogP) is 4.81. The van der Waals surface area contributed by atoms with Crippen molar-refractivity contribution in [3.63, 3.8) is 0 Å². The van der Waals surface area contributed by atoms with Gasteiger partial charge >= 0.3 is 0 Å². The lowest BCUT2D eigenvalue weighted by molar-refractivity contribution is 0.0628. The molecule has 3 rings (SSSR count). The standard InChI is InChI=1S/C28H41N3O5SSi/c1-19-15-25(29)24(17-26(19)35-6)27(32)31-14-13-21(16-22(31)18-36-38(7,8)28(2,3)4)20-9-11-23(12-10-20)37(33,34)30-5/h9-13,15,17,22,30H,14,16,18,29H2,1-8H3/t22-/m0/s1. The Bertz CT molecular complexity index is 1320. The molecule has 2 aromatic rings. The van der Waals surface area contributed by atoms with Gasteiger partial charge in [-0.15, -0.1) is 0 Å². The van der Waals surface area contributed by atoms with Gasteiger partial charge in [-0.3, -0.25) is 4.79 Å². The normalized spacial score (nSPS) is 16.8. The maximum Gasteiger partial charge on any atom is 0.256 e. The number of nitrogen functional groups attached to an aromatic ring is 1. The van der Waals surface area contributed by atoms with Gasteiger partial charge in [-0.05, 0) is 79.5 Å². The molecule has 38 heavy (non-hydrogen) atoms. The third-order valence-electron chi connectivity index (χ3n) is 7.74. The Hall–Kier alpha value is -2.66. The van der Waals surface area contributed by atoms with Gasteiger partial charge in [0.2, 0.25) is 10.0 Å². The molecule has 1 aliphatic rings. The van der Waals surface area contributed by atoms with Crippen LogP contribution in [0.1, 0.15) is 48.7 Å². The Morgan fingerprint density at radius 2 is 1.82 bits per heavy atom. The SMILES string of the molecule is CNS(=O)(=O)c1ccc(C2=CCN(C(=O)c3cc(OC)c(C)cc3N)[C@H](CO[Si](C)(C)C(C)(C)C)C2)cc1. The van der Waals surface area contributed by atoms with Crippen LogP contribution in [0.4, 0.5) is 5.69 Å². The van der Waals surface area contributed by atoms with Crippen molar-refractivity contribution in [2.45, 2.75) is 63.2 Å². The van der Waals surface area contributed by atoms with Crippen molar-refractivity contribution in [2.24, 2.45) is 0 Å². The lowest BCUT2D eigenvalue weighted by Crippen LogP contribution is -2.49. The molecule has 1 heterocycles. The van der Waals surface area contributed by atoms with Crippen LogP contribution in [0.25, 0.3) is 5.57 Å². The van der Waals surface area contributed by atoms with Crippen molar-refractivity contribution in [1.29, 1.82) is 0 Å². The largest absolute Gasteiger partial charge is 0.496 e. The van der Waals surface area contributed by atoms with Crippen molar-refractivity contribution in [1.82, 2.24) is 9.62 Å². The van der Waals surface area contributed by atoms with Crippen LogP contribution in [0.3, 0.4) is 0 Å². The lowest BCUT2D eigenvalue weighted by Gasteiger charge is -2.41. The van der Waals surface area contributed by atoms with E-state index in [-0.39, 0.29) is 21.9 Å².